The summed E-state index contributed by atoms with van der Waals surface area (Å²) in [5, 5.41) is 11.6. The Kier molecular flexibility index (Phi) is 6.07. The van der Waals surface area contributed by atoms with Gasteiger partial charge in [0, 0.05) is 12.0 Å². The molecule has 0 heterocycles. The van der Waals surface area contributed by atoms with Gasteiger partial charge in [-0.2, -0.15) is 0 Å². The Morgan fingerprint density at radius 2 is 1.83 bits per heavy atom. The van der Waals surface area contributed by atoms with E-state index in [1.165, 1.54) is 6.08 Å². The number of alkyl carbamates (subject to hydrolysis) is 1. The Bertz CT molecular complexity index is 598. The van der Waals surface area contributed by atoms with Crippen molar-refractivity contribution in [3.63, 3.8) is 0 Å². The highest BCUT2D eigenvalue weighted by molar-refractivity contribution is 6.04. The standard InChI is InChI=1S/C17H21NO5/c1-5-14(19)12-8-6-11(7-9-12)10-13(15(20)21)18-16(22)23-17(2,3)4/h5-9,13H,1,10H2,2-4H3,(H,18,22)(H,20,21)/t13-/m0/s1. The molecular weight excluding hydrogens is 298 g/mol. The lowest BCUT2D eigenvalue weighted by Gasteiger charge is -2.22. The molecule has 0 bridgehead atoms. The van der Waals surface area contributed by atoms with Crippen LogP contribution in [-0.4, -0.2) is 34.6 Å². The Balaban J connectivity index is 2.76. The number of carboxylic acid groups (broad SMARTS) is 1. The van der Waals surface area contributed by atoms with Gasteiger partial charge in [-0.3, -0.25) is 4.79 Å². The number of rotatable bonds is 6. The molecule has 124 valence electrons. The molecule has 0 aliphatic heterocycles. The molecule has 2 N–H and O–H groups in total. The summed E-state index contributed by atoms with van der Waals surface area (Å²) in [5.74, 6) is -1.37. The summed E-state index contributed by atoms with van der Waals surface area (Å²) in [6, 6.07) is 5.34. The number of carbonyl (C=O) groups excluding carboxylic acids is 2. The maximum atomic E-state index is 11.7. The van der Waals surface area contributed by atoms with Crippen LogP contribution < -0.4 is 5.32 Å². The van der Waals surface area contributed by atoms with Crippen LogP contribution in [0.25, 0.3) is 0 Å². The third-order valence-corrected chi connectivity index (χ3v) is 2.85. The van der Waals surface area contributed by atoms with Crippen LogP contribution in [-0.2, 0) is 16.0 Å². The van der Waals surface area contributed by atoms with Crippen LogP contribution >= 0.6 is 0 Å². The molecule has 0 radical (unpaired) electrons. The van der Waals surface area contributed by atoms with Crippen molar-refractivity contribution in [2.75, 3.05) is 0 Å². The van der Waals surface area contributed by atoms with Crippen LogP contribution in [0.1, 0.15) is 36.7 Å². The number of hydrogen-bond acceptors (Lipinski definition) is 4. The zero-order valence-electron chi connectivity index (χ0n) is 13.5. The molecule has 6 heteroatoms. The van der Waals surface area contributed by atoms with Gasteiger partial charge in [0.25, 0.3) is 0 Å². The van der Waals surface area contributed by atoms with Crippen LogP contribution in [0.15, 0.2) is 36.9 Å². The smallest absolute Gasteiger partial charge is 0.408 e. The maximum absolute atomic E-state index is 11.7. The monoisotopic (exact) mass is 319 g/mol. The van der Waals surface area contributed by atoms with Crippen molar-refractivity contribution in [3.8, 4) is 0 Å². The van der Waals surface area contributed by atoms with Gasteiger partial charge in [0.15, 0.2) is 5.78 Å². The van der Waals surface area contributed by atoms with Gasteiger partial charge in [0.05, 0.1) is 0 Å². The van der Waals surface area contributed by atoms with E-state index in [0.717, 1.165) is 0 Å². The molecule has 0 fully saturated rings. The average Bonchev–Trinajstić information content (AvgIpc) is 2.44. The molecule has 0 aliphatic rings. The minimum absolute atomic E-state index is 0.0805. The molecule has 1 aromatic rings. The third-order valence-electron chi connectivity index (χ3n) is 2.85. The number of ether oxygens (including phenoxy) is 1. The van der Waals surface area contributed by atoms with Crippen molar-refractivity contribution in [1.82, 2.24) is 5.32 Å². The first kappa shape index (κ1) is 18.4. The number of nitrogens with one attached hydrogen (secondary N) is 1. The molecule has 1 aromatic carbocycles. The number of carbonyl (C=O) groups is 3. The molecule has 0 saturated carbocycles. The van der Waals surface area contributed by atoms with Crippen molar-refractivity contribution in [1.29, 1.82) is 0 Å². The molecule has 0 saturated heterocycles. The van der Waals surface area contributed by atoms with E-state index in [4.69, 9.17) is 4.74 Å². The summed E-state index contributed by atoms with van der Waals surface area (Å²) >= 11 is 0. The molecule has 0 unspecified atom stereocenters. The van der Waals surface area contributed by atoms with E-state index in [0.29, 0.717) is 11.1 Å². The number of aliphatic carboxylic acids is 1. The Hall–Kier alpha value is -2.63. The lowest BCUT2D eigenvalue weighted by Crippen LogP contribution is -2.44. The van der Waals surface area contributed by atoms with Crippen molar-refractivity contribution < 1.29 is 24.2 Å². The quantitative estimate of drug-likeness (QED) is 0.621. The van der Waals surface area contributed by atoms with Gasteiger partial charge in [0.1, 0.15) is 11.6 Å². The van der Waals surface area contributed by atoms with Crippen LogP contribution in [0.4, 0.5) is 4.79 Å². The molecule has 0 spiro atoms. The molecule has 6 nitrogen and oxygen atoms in total. The Morgan fingerprint density at radius 1 is 1.26 bits per heavy atom. The van der Waals surface area contributed by atoms with Gasteiger partial charge in [0.2, 0.25) is 0 Å². The van der Waals surface area contributed by atoms with Gasteiger partial charge in [-0.1, -0.05) is 30.8 Å². The van der Waals surface area contributed by atoms with Gasteiger partial charge in [-0.25, -0.2) is 9.59 Å². The van der Waals surface area contributed by atoms with Crippen LogP contribution in [0.3, 0.4) is 0 Å². The van der Waals surface area contributed by atoms with Gasteiger partial charge < -0.3 is 15.2 Å². The minimum atomic E-state index is -1.16. The first-order valence-corrected chi connectivity index (χ1v) is 7.10. The molecule has 1 atom stereocenters. The van der Waals surface area contributed by atoms with Crippen LogP contribution in [0.2, 0.25) is 0 Å². The summed E-state index contributed by atoms with van der Waals surface area (Å²) in [6.45, 7) is 8.48. The zero-order chi connectivity index (χ0) is 17.6. The van der Waals surface area contributed by atoms with Crippen LogP contribution in [0, 0.1) is 0 Å². The number of ketones is 1. The third kappa shape index (κ3) is 6.34. The van der Waals surface area contributed by atoms with E-state index < -0.39 is 23.7 Å². The molecular formula is C17H21NO5. The zero-order valence-corrected chi connectivity index (χ0v) is 13.5. The second kappa shape index (κ2) is 7.58. The van der Waals surface area contributed by atoms with Gasteiger partial charge in [-0.15, -0.1) is 0 Å². The predicted octanol–water partition coefficient (Wildman–Crippen LogP) is 2.58. The van der Waals surface area contributed by atoms with Crippen molar-refractivity contribution in [3.05, 3.63) is 48.0 Å². The summed E-state index contributed by atoms with van der Waals surface area (Å²) < 4.78 is 5.05. The highest BCUT2D eigenvalue weighted by Crippen LogP contribution is 2.10. The fourth-order valence-corrected chi connectivity index (χ4v) is 1.81. The van der Waals surface area contributed by atoms with E-state index in [-0.39, 0.29) is 12.2 Å². The fourth-order valence-electron chi connectivity index (χ4n) is 1.81. The second-order valence-corrected chi connectivity index (χ2v) is 6.01. The minimum Gasteiger partial charge on any atom is -0.480 e. The molecule has 1 amide bonds. The highest BCUT2D eigenvalue weighted by Gasteiger charge is 2.24. The van der Waals surface area contributed by atoms with E-state index >= 15 is 0 Å². The molecule has 0 aliphatic carbocycles. The fraction of sp³-hybridized carbons (Fsp3) is 0.353. The lowest BCUT2D eigenvalue weighted by atomic mass is 10.0. The predicted molar refractivity (Wildman–Crippen MR) is 85.5 cm³/mol. The number of hydrogen-bond donors (Lipinski definition) is 2. The van der Waals surface area contributed by atoms with Crippen LogP contribution in [0.5, 0.6) is 0 Å². The SMILES string of the molecule is C=CC(=O)c1ccc(C[C@H](NC(=O)OC(C)(C)C)C(=O)O)cc1. The van der Waals surface area contributed by atoms with Crippen molar-refractivity contribution >= 4 is 17.8 Å². The number of amides is 1. The summed E-state index contributed by atoms with van der Waals surface area (Å²) in [7, 11) is 0. The maximum Gasteiger partial charge on any atom is 0.408 e. The Labute approximate surface area is 135 Å². The van der Waals surface area contributed by atoms with E-state index in [1.54, 1.807) is 45.0 Å². The first-order valence-electron chi connectivity index (χ1n) is 7.10. The van der Waals surface area contributed by atoms with Gasteiger partial charge >= 0.3 is 12.1 Å². The summed E-state index contributed by atoms with van der Waals surface area (Å²) in [4.78, 5) is 34.4. The number of allylic oxidation sites excluding steroid dienone is 1. The lowest BCUT2D eigenvalue weighted by molar-refractivity contribution is -0.139. The second-order valence-electron chi connectivity index (χ2n) is 6.01. The molecule has 1 rings (SSSR count). The van der Waals surface area contributed by atoms with E-state index in [2.05, 4.69) is 11.9 Å². The Morgan fingerprint density at radius 3 is 2.26 bits per heavy atom. The summed E-state index contributed by atoms with van der Waals surface area (Å²) in [5.41, 5.74) is 0.435. The van der Waals surface area contributed by atoms with E-state index in [9.17, 15) is 19.5 Å². The topological polar surface area (TPSA) is 92.7 Å². The summed E-state index contributed by atoms with van der Waals surface area (Å²) in [6.07, 6.45) is 0.499. The molecule has 23 heavy (non-hydrogen) atoms. The normalized spacial score (nSPS) is 12.1. The number of benzene rings is 1. The molecule has 0 aromatic heterocycles. The number of carboxylic acids is 1. The van der Waals surface area contributed by atoms with Gasteiger partial charge in [-0.05, 0) is 32.4 Å². The van der Waals surface area contributed by atoms with Crippen molar-refractivity contribution in [2.24, 2.45) is 0 Å². The van der Waals surface area contributed by atoms with E-state index in [1.807, 2.05) is 0 Å². The highest BCUT2D eigenvalue weighted by atomic mass is 16.6. The first-order chi connectivity index (χ1) is 10.6. The average molecular weight is 319 g/mol. The largest absolute Gasteiger partial charge is 0.480 e. The van der Waals surface area contributed by atoms with Crippen molar-refractivity contribution in [2.45, 2.75) is 38.8 Å².